The maximum atomic E-state index is 13.7. The summed E-state index contributed by atoms with van der Waals surface area (Å²) in [6, 6.07) is 32.1. The van der Waals surface area contributed by atoms with Crippen molar-refractivity contribution in [2.24, 2.45) is 0 Å². The van der Waals surface area contributed by atoms with Gasteiger partial charge in [-0.15, -0.1) is 0 Å². The number of amides is 1. The van der Waals surface area contributed by atoms with Gasteiger partial charge in [0, 0.05) is 30.1 Å². The van der Waals surface area contributed by atoms with Crippen molar-refractivity contribution >= 4 is 50.9 Å². The zero-order chi connectivity index (χ0) is 31.1. The van der Waals surface area contributed by atoms with Crippen LogP contribution in [0.4, 0.5) is 0 Å². The average Bonchev–Trinajstić information content (AvgIpc) is 3.34. The standard InChI is InChI=1S/C35H34ClN3O3S2/c1-2-25-8-14-29(15-9-25)33-23-30(22-27-10-16-31(36)17-11-27)34(40)39(33)21-20-26-12-18-32(19-13-26)44(41,42)38-35(43)37-24-28-6-4-3-5-7-28/h3-19,22,33H,2,20-21,23-24H2,1H3,(H2,37,38,43)/b30-22+. The highest BCUT2D eigenvalue weighted by Gasteiger charge is 2.35. The molecule has 0 bridgehead atoms. The van der Waals surface area contributed by atoms with Crippen LogP contribution >= 0.6 is 23.8 Å². The number of hydrogen-bond acceptors (Lipinski definition) is 4. The van der Waals surface area contributed by atoms with Crippen molar-refractivity contribution in [3.05, 3.63) is 142 Å². The first-order valence-electron chi connectivity index (χ1n) is 14.5. The van der Waals surface area contributed by atoms with Crippen molar-refractivity contribution in [3.63, 3.8) is 0 Å². The fraction of sp³-hybridized carbons (Fsp3) is 0.200. The number of sulfonamides is 1. The predicted octanol–water partition coefficient (Wildman–Crippen LogP) is 6.86. The van der Waals surface area contributed by atoms with Crippen molar-refractivity contribution in [1.82, 2.24) is 14.9 Å². The number of benzene rings is 4. The summed E-state index contributed by atoms with van der Waals surface area (Å²) in [4.78, 5) is 15.7. The van der Waals surface area contributed by atoms with Gasteiger partial charge in [-0.25, -0.2) is 8.42 Å². The minimum atomic E-state index is -3.84. The van der Waals surface area contributed by atoms with Crippen LogP contribution < -0.4 is 10.0 Å². The lowest BCUT2D eigenvalue weighted by Gasteiger charge is -2.25. The molecule has 0 aromatic heterocycles. The second-order valence-corrected chi connectivity index (χ2v) is 13.2. The van der Waals surface area contributed by atoms with E-state index in [2.05, 4.69) is 41.2 Å². The van der Waals surface area contributed by atoms with Gasteiger partial charge in [0.2, 0.25) is 5.91 Å². The SMILES string of the molecule is CCc1ccc(C2C/C(=C\c3ccc(Cl)cc3)C(=O)N2CCc2ccc(S(=O)(=O)NC(=S)NCc3ccccc3)cc2)cc1. The molecule has 226 valence electrons. The van der Waals surface area contributed by atoms with Crippen molar-refractivity contribution in [2.45, 2.75) is 43.7 Å². The molecule has 1 aliphatic heterocycles. The summed E-state index contributed by atoms with van der Waals surface area (Å²) in [5.41, 5.74) is 5.94. The van der Waals surface area contributed by atoms with E-state index in [1.165, 1.54) is 5.56 Å². The Bertz CT molecular complexity index is 1740. The molecule has 4 aromatic rings. The molecular weight excluding hydrogens is 610 g/mol. The second kappa shape index (κ2) is 14.2. The molecule has 6 nitrogen and oxygen atoms in total. The average molecular weight is 644 g/mol. The fourth-order valence-electron chi connectivity index (χ4n) is 5.22. The van der Waals surface area contributed by atoms with Crippen molar-refractivity contribution in [2.75, 3.05) is 6.54 Å². The summed E-state index contributed by atoms with van der Waals surface area (Å²) in [7, 11) is -3.84. The lowest BCUT2D eigenvalue weighted by Crippen LogP contribution is -2.38. The Morgan fingerprint density at radius 2 is 1.57 bits per heavy atom. The first-order chi connectivity index (χ1) is 21.2. The highest BCUT2D eigenvalue weighted by molar-refractivity contribution is 7.91. The maximum absolute atomic E-state index is 13.7. The number of thiocarbonyl (C=S) groups is 1. The van der Waals surface area contributed by atoms with Crippen LogP contribution in [0.3, 0.4) is 0 Å². The molecule has 1 unspecified atom stereocenters. The minimum absolute atomic E-state index is 0.00410. The Labute approximate surface area is 269 Å². The van der Waals surface area contributed by atoms with Gasteiger partial charge in [-0.1, -0.05) is 97.4 Å². The molecule has 1 heterocycles. The minimum Gasteiger partial charge on any atom is -0.358 e. The molecule has 44 heavy (non-hydrogen) atoms. The maximum Gasteiger partial charge on any atom is 0.263 e. The Kier molecular flexibility index (Phi) is 10.1. The van der Waals surface area contributed by atoms with E-state index in [1.54, 1.807) is 24.3 Å². The molecule has 0 aliphatic carbocycles. The van der Waals surface area contributed by atoms with E-state index in [0.29, 0.717) is 31.0 Å². The first kappa shape index (κ1) is 31.4. The van der Waals surface area contributed by atoms with Gasteiger partial charge in [0.05, 0.1) is 10.9 Å². The zero-order valence-electron chi connectivity index (χ0n) is 24.4. The second-order valence-electron chi connectivity index (χ2n) is 10.7. The van der Waals surface area contributed by atoms with E-state index in [0.717, 1.165) is 34.2 Å². The molecule has 0 saturated carbocycles. The van der Waals surface area contributed by atoms with Gasteiger partial charge < -0.3 is 10.2 Å². The molecule has 1 saturated heterocycles. The smallest absolute Gasteiger partial charge is 0.263 e. The van der Waals surface area contributed by atoms with Gasteiger partial charge in [0.25, 0.3) is 10.0 Å². The normalized spacial score (nSPS) is 15.9. The van der Waals surface area contributed by atoms with Crippen LogP contribution in [-0.2, 0) is 34.2 Å². The molecular formula is C35H34ClN3O3S2. The van der Waals surface area contributed by atoms with Gasteiger partial charge >= 0.3 is 0 Å². The number of hydrogen-bond donors (Lipinski definition) is 2. The summed E-state index contributed by atoms with van der Waals surface area (Å²) in [6.45, 7) is 3.03. The number of rotatable bonds is 10. The molecule has 9 heteroatoms. The summed E-state index contributed by atoms with van der Waals surface area (Å²) >= 11 is 11.3. The number of nitrogens with zero attached hydrogens (tertiary/aromatic N) is 1. The van der Waals surface area contributed by atoms with Crippen LogP contribution in [0.2, 0.25) is 5.02 Å². The Hall–Kier alpha value is -3.98. The number of carbonyl (C=O) groups excluding carboxylic acids is 1. The summed E-state index contributed by atoms with van der Waals surface area (Å²) in [6.07, 6.45) is 4.08. The van der Waals surface area contributed by atoms with Crippen LogP contribution in [0.15, 0.2) is 114 Å². The third kappa shape index (κ3) is 7.94. The van der Waals surface area contributed by atoms with Gasteiger partial charge in [0.15, 0.2) is 5.11 Å². The van der Waals surface area contributed by atoms with Crippen LogP contribution in [0.5, 0.6) is 0 Å². The van der Waals surface area contributed by atoms with E-state index in [1.807, 2.05) is 65.6 Å². The number of halogens is 1. The van der Waals surface area contributed by atoms with Crippen LogP contribution in [0.25, 0.3) is 6.08 Å². The van der Waals surface area contributed by atoms with E-state index in [9.17, 15) is 13.2 Å². The molecule has 1 aliphatic rings. The van der Waals surface area contributed by atoms with Crippen molar-refractivity contribution in [1.29, 1.82) is 0 Å². The molecule has 1 amide bonds. The third-order valence-corrected chi connectivity index (χ3v) is 9.70. The van der Waals surface area contributed by atoms with Gasteiger partial charge in [0.1, 0.15) is 0 Å². The van der Waals surface area contributed by atoms with Crippen molar-refractivity contribution in [3.8, 4) is 0 Å². The summed E-state index contributed by atoms with van der Waals surface area (Å²) in [5.74, 6) is 0.00410. The molecule has 0 spiro atoms. The Balaban J connectivity index is 1.26. The largest absolute Gasteiger partial charge is 0.358 e. The number of nitrogens with one attached hydrogen (secondary N) is 2. The summed E-state index contributed by atoms with van der Waals surface area (Å²) in [5, 5.41) is 3.61. The van der Waals surface area contributed by atoms with Crippen LogP contribution in [-0.4, -0.2) is 30.9 Å². The summed E-state index contributed by atoms with van der Waals surface area (Å²) < 4.78 is 28.3. The zero-order valence-corrected chi connectivity index (χ0v) is 26.8. The fourth-order valence-corrected chi connectivity index (χ4v) is 6.68. The van der Waals surface area contributed by atoms with Crippen LogP contribution in [0, 0.1) is 0 Å². The lowest BCUT2D eigenvalue weighted by molar-refractivity contribution is -0.126. The number of likely N-dealkylation sites (tertiary alicyclic amines) is 1. The molecule has 0 radical (unpaired) electrons. The van der Waals surface area contributed by atoms with Gasteiger partial charge in [-0.05, 0) is 83.2 Å². The third-order valence-electron chi connectivity index (χ3n) is 7.71. The predicted molar refractivity (Wildman–Crippen MR) is 181 cm³/mol. The number of carbonyl (C=O) groups is 1. The van der Waals surface area contributed by atoms with E-state index in [4.69, 9.17) is 23.8 Å². The Morgan fingerprint density at radius 1 is 0.909 bits per heavy atom. The van der Waals surface area contributed by atoms with Gasteiger partial charge in [-0.3, -0.25) is 9.52 Å². The molecule has 1 fully saturated rings. The van der Waals surface area contributed by atoms with E-state index >= 15 is 0 Å². The van der Waals surface area contributed by atoms with E-state index < -0.39 is 10.0 Å². The molecule has 1 atom stereocenters. The van der Waals surface area contributed by atoms with Crippen molar-refractivity contribution < 1.29 is 13.2 Å². The Morgan fingerprint density at radius 3 is 2.23 bits per heavy atom. The van der Waals surface area contributed by atoms with Crippen LogP contribution in [0.1, 0.15) is 47.2 Å². The van der Waals surface area contributed by atoms with E-state index in [-0.39, 0.29) is 22.0 Å². The number of aryl methyl sites for hydroxylation is 1. The lowest BCUT2D eigenvalue weighted by atomic mass is 9.99. The first-order valence-corrected chi connectivity index (χ1v) is 16.8. The quantitative estimate of drug-likeness (QED) is 0.146. The highest BCUT2D eigenvalue weighted by Crippen LogP contribution is 2.37. The molecule has 4 aromatic carbocycles. The molecule has 2 N–H and O–H groups in total. The highest BCUT2D eigenvalue weighted by atomic mass is 35.5. The monoisotopic (exact) mass is 643 g/mol. The topological polar surface area (TPSA) is 78.5 Å². The van der Waals surface area contributed by atoms with Gasteiger partial charge in [-0.2, -0.15) is 0 Å². The molecule has 5 rings (SSSR count).